The van der Waals surface area contributed by atoms with Crippen LogP contribution in [0.2, 0.25) is 0 Å². The third kappa shape index (κ3) is 4.47. The molecule has 0 amide bonds. The standard InChI is InChI=1S/C15H21FO2/c1-10(2)7-11(3)9-18-15-6-5-13(16)8-14(15)12(4)17/h5-6,8,10-11H,7,9H2,1-4H3. The van der Waals surface area contributed by atoms with Gasteiger partial charge in [0.25, 0.3) is 0 Å². The first-order valence-corrected chi connectivity index (χ1v) is 6.33. The van der Waals surface area contributed by atoms with Crippen molar-refractivity contribution in [2.75, 3.05) is 6.61 Å². The summed E-state index contributed by atoms with van der Waals surface area (Å²) in [6.45, 7) is 8.39. The maximum absolute atomic E-state index is 13.1. The summed E-state index contributed by atoms with van der Waals surface area (Å²) in [5.74, 6) is 0.905. The van der Waals surface area contributed by atoms with E-state index in [0.717, 1.165) is 6.42 Å². The highest BCUT2D eigenvalue weighted by Gasteiger charge is 2.12. The monoisotopic (exact) mass is 252 g/mol. The Kier molecular flexibility index (Phi) is 5.32. The third-order valence-corrected chi connectivity index (χ3v) is 2.72. The lowest BCUT2D eigenvalue weighted by atomic mass is 10.00. The van der Waals surface area contributed by atoms with E-state index in [1.54, 1.807) is 0 Å². The van der Waals surface area contributed by atoms with E-state index in [9.17, 15) is 9.18 Å². The van der Waals surface area contributed by atoms with Gasteiger partial charge in [0.05, 0.1) is 12.2 Å². The zero-order valence-electron chi connectivity index (χ0n) is 11.5. The molecule has 0 heterocycles. The summed E-state index contributed by atoms with van der Waals surface area (Å²) in [5.41, 5.74) is 0.312. The van der Waals surface area contributed by atoms with E-state index in [1.165, 1.54) is 25.1 Å². The number of benzene rings is 1. The molecule has 0 spiro atoms. The molecule has 0 fully saturated rings. The second kappa shape index (κ2) is 6.53. The van der Waals surface area contributed by atoms with E-state index in [1.807, 2.05) is 0 Å². The second-order valence-corrected chi connectivity index (χ2v) is 5.24. The van der Waals surface area contributed by atoms with Gasteiger partial charge < -0.3 is 4.74 Å². The van der Waals surface area contributed by atoms with E-state index in [4.69, 9.17) is 4.74 Å². The lowest BCUT2D eigenvalue weighted by Crippen LogP contribution is -2.12. The van der Waals surface area contributed by atoms with Crippen molar-refractivity contribution in [2.24, 2.45) is 11.8 Å². The molecule has 0 saturated heterocycles. The van der Waals surface area contributed by atoms with Crippen LogP contribution >= 0.6 is 0 Å². The maximum atomic E-state index is 13.1. The van der Waals surface area contributed by atoms with Gasteiger partial charge in [0.15, 0.2) is 5.78 Å². The molecule has 0 aliphatic carbocycles. The van der Waals surface area contributed by atoms with Crippen molar-refractivity contribution in [1.29, 1.82) is 0 Å². The largest absolute Gasteiger partial charge is 0.493 e. The van der Waals surface area contributed by atoms with Gasteiger partial charge in [0.1, 0.15) is 11.6 Å². The molecule has 1 atom stereocenters. The van der Waals surface area contributed by atoms with Crippen LogP contribution in [0.4, 0.5) is 4.39 Å². The number of rotatable bonds is 6. The summed E-state index contributed by atoms with van der Waals surface area (Å²) < 4.78 is 18.7. The fourth-order valence-corrected chi connectivity index (χ4v) is 2.01. The molecule has 0 aromatic heterocycles. The fourth-order valence-electron chi connectivity index (χ4n) is 2.01. The molecule has 18 heavy (non-hydrogen) atoms. The number of ether oxygens (including phenoxy) is 1. The summed E-state index contributed by atoms with van der Waals surface area (Å²) in [5, 5.41) is 0. The maximum Gasteiger partial charge on any atom is 0.163 e. The Hall–Kier alpha value is -1.38. The fraction of sp³-hybridized carbons (Fsp3) is 0.533. The molecule has 0 aliphatic rings. The van der Waals surface area contributed by atoms with Gasteiger partial charge in [0, 0.05) is 0 Å². The van der Waals surface area contributed by atoms with Gasteiger partial charge in [-0.2, -0.15) is 0 Å². The predicted octanol–water partition coefficient (Wildman–Crippen LogP) is 4.09. The van der Waals surface area contributed by atoms with E-state index < -0.39 is 5.82 Å². The van der Waals surface area contributed by atoms with Gasteiger partial charge in [-0.1, -0.05) is 20.8 Å². The zero-order valence-corrected chi connectivity index (χ0v) is 11.5. The minimum Gasteiger partial charge on any atom is -0.493 e. The number of halogens is 1. The Morgan fingerprint density at radius 1 is 1.33 bits per heavy atom. The second-order valence-electron chi connectivity index (χ2n) is 5.24. The van der Waals surface area contributed by atoms with Crippen molar-refractivity contribution in [3.8, 4) is 5.75 Å². The molecule has 3 heteroatoms. The summed E-state index contributed by atoms with van der Waals surface area (Å²) >= 11 is 0. The van der Waals surface area contributed by atoms with E-state index in [2.05, 4.69) is 20.8 Å². The molecule has 0 bridgehead atoms. The van der Waals surface area contributed by atoms with Crippen molar-refractivity contribution in [2.45, 2.75) is 34.1 Å². The van der Waals surface area contributed by atoms with Gasteiger partial charge in [-0.25, -0.2) is 4.39 Å². The van der Waals surface area contributed by atoms with Crippen molar-refractivity contribution in [3.05, 3.63) is 29.6 Å². The minimum atomic E-state index is -0.414. The van der Waals surface area contributed by atoms with Crippen molar-refractivity contribution in [1.82, 2.24) is 0 Å². The highest BCUT2D eigenvalue weighted by atomic mass is 19.1. The van der Waals surface area contributed by atoms with Crippen molar-refractivity contribution in [3.63, 3.8) is 0 Å². The molecular formula is C15H21FO2. The molecule has 1 aromatic rings. The molecule has 1 aromatic carbocycles. The summed E-state index contributed by atoms with van der Waals surface area (Å²) in [6.07, 6.45) is 1.07. The van der Waals surface area contributed by atoms with Crippen LogP contribution < -0.4 is 4.74 Å². The Morgan fingerprint density at radius 3 is 2.56 bits per heavy atom. The summed E-state index contributed by atoms with van der Waals surface area (Å²) in [6, 6.07) is 4.06. The third-order valence-electron chi connectivity index (χ3n) is 2.72. The van der Waals surface area contributed by atoms with Crippen LogP contribution in [0.1, 0.15) is 44.5 Å². The van der Waals surface area contributed by atoms with Crippen molar-refractivity contribution < 1.29 is 13.9 Å². The van der Waals surface area contributed by atoms with E-state index in [0.29, 0.717) is 29.8 Å². The topological polar surface area (TPSA) is 26.3 Å². The van der Waals surface area contributed by atoms with Gasteiger partial charge in [-0.3, -0.25) is 4.79 Å². The number of ketones is 1. The summed E-state index contributed by atoms with van der Waals surface area (Å²) in [7, 11) is 0. The average molecular weight is 252 g/mol. The van der Waals surface area contributed by atoms with Crippen LogP contribution in [0.25, 0.3) is 0 Å². The molecular weight excluding hydrogens is 231 g/mol. The molecule has 0 aliphatic heterocycles. The highest BCUT2D eigenvalue weighted by Crippen LogP contribution is 2.22. The SMILES string of the molecule is CC(=O)c1cc(F)ccc1OCC(C)CC(C)C. The van der Waals surface area contributed by atoms with Gasteiger partial charge in [0.2, 0.25) is 0 Å². The molecule has 0 N–H and O–H groups in total. The molecule has 0 radical (unpaired) electrons. The Bertz CT molecular complexity index is 413. The Balaban J connectivity index is 2.70. The molecule has 1 unspecified atom stereocenters. The van der Waals surface area contributed by atoms with Crippen LogP contribution in [0.15, 0.2) is 18.2 Å². The molecule has 2 nitrogen and oxygen atoms in total. The smallest absolute Gasteiger partial charge is 0.163 e. The first-order chi connectivity index (χ1) is 8.40. The molecule has 0 saturated carbocycles. The molecule has 1 rings (SSSR count). The lowest BCUT2D eigenvalue weighted by molar-refractivity contribution is 0.101. The molecule has 100 valence electrons. The zero-order chi connectivity index (χ0) is 13.7. The number of carbonyl (C=O) groups excluding carboxylic acids is 1. The lowest BCUT2D eigenvalue weighted by Gasteiger charge is -2.16. The van der Waals surface area contributed by atoms with Gasteiger partial charge >= 0.3 is 0 Å². The van der Waals surface area contributed by atoms with Gasteiger partial charge in [-0.15, -0.1) is 0 Å². The van der Waals surface area contributed by atoms with E-state index in [-0.39, 0.29) is 5.78 Å². The quantitative estimate of drug-likeness (QED) is 0.713. The normalized spacial score (nSPS) is 12.6. The van der Waals surface area contributed by atoms with Gasteiger partial charge in [-0.05, 0) is 43.4 Å². The first kappa shape index (κ1) is 14.7. The van der Waals surface area contributed by atoms with Crippen LogP contribution in [0.3, 0.4) is 0 Å². The average Bonchev–Trinajstić information content (AvgIpc) is 2.26. The van der Waals surface area contributed by atoms with E-state index >= 15 is 0 Å². The number of hydrogen-bond donors (Lipinski definition) is 0. The predicted molar refractivity (Wildman–Crippen MR) is 70.5 cm³/mol. The van der Waals surface area contributed by atoms with Crippen LogP contribution in [0.5, 0.6) is 5.75 Å². The Morgan fingerprint density at radius 2 is 2.00 bits per heavy atom. The number of Topliss-reactive ketones (excluding diaryl/α,β-unsaturated/α-hetero) is 1. The summed E-state index contributed by atoms with van der Waals surface area (Å²) in [4.78, 5) is 11.4. The minimum absolute atomic E-state index is 0.180. The van der Waals surface area contributed by atoms with Crippen LogP contribution in [-0.4, -0.2) is 12.4 Å². The first-order valence-electron chi connectivity index (χ1n) is 6.33. The highest BCUT2D eigenvalue weighted by molar-refractivity contribution is 5.96. The number of hydrogen-bond acceptors (Lipinski definition) is 2. The van der Waals surface area contributed by atoms with Crippen molar-refractivity contribution >= 4 is 5.78 Å². The van der Waals surface area contributed by atoms with Crippen LogP contribution in [-0.2, 0) is 0 Å². The number of carbonyl (C=O) groups is 1. The van der Waals surface area contributed by atoms with Crippen LogP contribution in [0, 0.1) is 17.7 Å². The Labute approximate surface area is 108 Å².